The fourth-order valence-electron chi connectivity index (χ4n) is 2.67. The fourth-order valence-corrected chi connectivity index (χ4v) is 2.67. The van der Waals surface area contributed by atoms with E-state index in [2.05, 4.69) is 11.4 Å². The smallest absolute Gasteiger partial charge is 0.120 e. The molecule has 0 spiro atoms. The monoisotopic (exact) mass is 322 g/mol. The Kier molecular flexibility index (Phi) is 5.47. The lowest BCUT2D eigenvalue weighted by Crippen LogP contribution is -2.27. The molecule has 124 valence electrons. The van der Waals surface area contributed by atoms with Crippen molar-refractivity contribution in [2.45, 2.75) is 32.1 Å². The lowest BCUT2D eigenvalue weighted by molar-refractivity contribution is 0.148. The van der Waals surface area contributed by atoms with E-state index in [0.717, 1.165) is 29.7 Å². The Morgan fingerprint density at radius 2 is 2.04 bits per heavy atom. The Morgan fingerprint density at radius 3 is 2.83 bits per heavy atom. The van der Waals surface area contributed by atoms with Crippen LogP contribution in [0.3, 0.4) is 0 Å². The number of aliphatic hydroxyl groups is 1. The molecule has 0 bridgehead atoms. The number of nitrogens with zero attached hydrogens (tertiary/aromatic N) is 1. The molecule has 1 aliphatic carbocycles. The van der Waals surface area contributed by atoms with Gasteiger partial charge >= 0.3 is 0 Å². The zero-order valence-corrected chi connectivity index (χ0v) is 13.6. The molecule has 1 fully saturated rings. The van der Waals surface area contributed by atoms with Crippen LogP contribution in [-0.2, 0) is 13.2 Å². The van der Waals surface area contributed by atoms with E-state index in [1.807, 2.05) is 42.5 Å². The summed E-state index contributed by atoms with van der Waals surface area (Å²) in [4.78, 5) is 0. The first-order valence-corrected chi connectivity index (χ1v) is 8.35. The molecular formula is C20H22N2O2. The van der Waals surface area contributed by atoms with Crippen molar-refractivity contribution in [1.82, 2.24) is 5.32 Å². The Labute approximate surface area is 142 Å². The molecule has 3 rings (SSSR count). The van der Waals surface area contributed by atoms with Crippen LogP contribution in [0.2, 0.25) is 0 Å². The lowest BCUT2D eigenvalue weighted by Gasteiger charge is -2.12. The largest absolute Gasteiger partial charge is 0.489 e. The molecule has 2 aromatic rings. The molecular weight excluding hydrogens is 300 g/mol. The van der Waals surface area contributed by atoms with Crippen LogP contribution in [0.5, 0.6) is 5.75 Å². The van der Waals surface area contributed by atoms with Gasteiger partial charge in [0, 0.05) is 18.7 Å². The third-order valence-corrected chi connectivity index (χ3v) is 4.28. The van der Waals surface area contributed by atoms with E-state index in [0.29, 0.717) is 31.2 Å². The van der Waals surface area contributed by atoms with Gasteiger partial charge in [-0.2, -0.15) is 5.26 Å². The summed E-state index contributed by atoms with van der Waals surface area (Å²) in [5.41, 5.74) is 2.64. The van der Waals surface area contributed by atoms with Crippen molar-refractivity contribution in [3.63, 3.8) is 0 Å². The average Bonchev–Trinajstić information content (AvgIpc) is 3.46. The first-order valence-electron chi connectivity index (χ1n) is 8.35. The Hall–Kier alpha value is -2.35. The van der Waals surface area contributed by atoms with Crippen molar-refractivity contribution in [2.75, 3.05) is 6.54 Å². The summed E-state index contributed by atoms with van der Waals surface area (Å²) in [6, 6.07) is 17.5. The maximum atomic E-state index is 9.87. The predicted octanol–water partition coefficient (Wildman–Crippen LogP) is 3.00. The minimum absolute atomic E-state index is 0.230. The molecule has 2 N–H and O–H groups in total. The number of hydrogen-bond acceptors (Lipinski definition) is 4. The summed E-state index contributed by atoms with van der Waals surface area (Å²) in [5, 5.41) is 22.3. The van der Waals surface area contributed by atoms with E-state index in [1.165, 1.54) is 0 Å². The SMILES string of the molecule is N#Cc1ccccc1COc1cccc(CNC[C@H](O)C2CC2)c1. The minimum atomic E-state index is -0.230. The van der Waals surface area contributed by atoms with Crippen molar-refractivity contribution in [1.29, 1.82) is 5.26 Å². The highest BCUT2D eigenvalue weighted by atomic mass is 16.5. The Morgan fingerprint density at radius 1 is 1.21 bits per heavy atom. The van der Waals surface area contributed by atoms with Crippen LogP contribution in [-0.4, -0.2) is 17.8 Å². The third kappa shape index (κ3) is 4.58. The fraction of sp³-hybridized carbons (Fsp3) is 0.350. The van der Waals surface area contributed by atoms with Gasteiger partial charge in [-0.05, 0) is 42.5 Å². The van der Waals surface area contributed by atoms with Gasteiger partial charge in [0.05, 0.1) is 17.7 Å². The molecule has 0 amide bonds. The molecule has 1 aliphatic rings. The summed E-state index contributed by atoms with van der Waals surface area (Å²) in [7, 11) is 0. The predicted molar refractivity (Wildman–Crippen MR) is 92.4 cm³/mol. The van der Waals surface area contributed by atoms with Gasteiger partial charge < -0.3 is 15.2 Å². The lowest BCUT2D eigenvalue weighted by atomic mass is 10.1. The van der Waals surface area contributed by atoms with Gasteiger partial charge in [0.2, 0.25) is 0 Å². The maximum absolute atomic E-state index is 9.87. The third-order valence-electron chi connectivity index (χ3n) is 4.28. The minimum Gasteiger partial charge on any atom is -0.489 e. The highest BCUT2D eigenvalue weighted by Gasteiger charge is 2.28. The molecule has 4 nitrogen and oxygen atoms in total. The number of rotatable bonds is 8. The van der Waals surface area contributed by atoms with Crippen molar-refractivity contribution in [3.8, 4) is 11.8 Å². The second-order valence-corrected chi connectivity index (χ2v) is 6.24. The second-order valence-electron chi connectivity index (χ2n) is 6.24. The van der Waals surface area contributed by atoms with E-state index < -0.39 is 0 Å². The molecule has 0 heterocycles. The van der Waals surface area contributed by atoms with E-state index in [4.69, 9.17) is 10.00 Å². The molecule has 0 radical (unpaired) electrons. The van der Waals surface area contributed by atoms with Gasteiger partial charge in [-0.3, -0.25) is 0 Å². The van der Waals surface area contributed by atoms with Crippen molar-refractivity contribution in [2.24, 2.45) is 5.92 Å². The quantitative estimate of drug-likeness (QED) is 0.784. The van der Waals surface area contributed by atoms with Crippen LogP contribution in [0.25, 0.3) is 0 Å². The van der Waals surface area contributed by atoms with E-state index in [9.17, 15) is 5.11 Å². The van der Waals surface area contributed by atoms with Crippen molar-refractivity contribution in [3.05, 3.63) is 65.2 Å². The van der Waals surface area contributed by atoms with E-state index >= 15 is 0 Å². The van der Waals surface area contributed by atoms with Gasteiger partial charge in [-0.25, -0.2) is 0 Å². The van der Waals surface area contributed by atoms with Crippen LogP contribution in [0.4, 0.5) is 0 Å². The molecule has 1 atom stereocenters. The molecule has 0 aliphatic heterocycles. The molecule has 2 aromatic carbocycles. The summed E-state index contributed by atoms with van der Waals surface area (Å²) in [6.45, 7) is 1.71. The van der Waals surface area contributed by atoms with Crippen LogP contribution in [0.1, 0.15) is 29.5 Å². The molecule has 0 aromatic heterocycles. The van der Waals surface area contributed by atoms with Crippen LogP contribution in [0, 0.1) is 17.2 Å². The zero-order valence-electron chi connectivity index (χ0n) is 13.6. The number of nitrogens with one attached hydrogen (secondary N) is 1. The number of benzene rings is 2. The first-order chi connectivity index (χ1) is 11.8. The molecule has 1 saturated carbocycles. The van der Waals surface area contributed by atoms with Crippen LogP contribution >= 0.6 is 0 Å². The standard InChI is InChI=1S/C20H22N2O2/c21-11-17-5-1-2-6-18(17)14-24-19-7-3-4-15(10-19)12-22-13-20(23)16-8-9-16/h1-7,10,16,20,22-23H,8-9,12-14H2/t20-/m0/s1. The van der Waals surface area contributed by atoms with Gasteiger partial charge in [0.1, 0.15) is 12.4 Å². The second kappa shape index (κ2) is 7.96. The summed E-state index contributed by atoms with van der Waals surface area (Å²) < 4.78 is 5.82. The summed E-state index contributed by atoms with van der Waals surface area (Å²) in [6.07, 6.45) is 2.07. The van der Waals surface area contributed by atoms with Crippen LogP contribution < -0.4 is 10.1 Å². The number of aliphatic hydroxyl groups excluding tert-OH is 1. The molecule has 0 unspecified atom stereocenters. The average molecular weight is 322 g/mol. The molecule has 4 heteroatoms. The highest BCUT2D eigenvalue weighted by molar-refractivity contribution is 5.37. The Balaban J connectivity index is 1.52. The number of nitriles is 1. The van der Waals surface area contributed by atoms with Gasteiger partial charge in [-0.15, -0.1) is 0 Å². The van der Waals surface area contributed by atoms with Gasteiger partial charge in [0.15, 0.2) is 0 Å². The van der Waals surface area contributed by atoms with Crippen molar-refractivity contribution >= 4 is 0 Å². The normalized spacial score (nSPS) is 14.8. The summed E-state index contributed by atoms with van der Waals surface area (Å²) in [5.74, 6) is 1.28. The topological polar surface area (TPSA) is 65.3 Å². The maximum Gasteiger partial charge on any atom is 0.120 e. The Bertz CT molecular complexity index is 720. The van der Waals surface area contributed by atoms with E-state index in [-0.39, 0.29) is 6.10 Å². The van der Waals surface area contributed by atoms with Gasteiger partial charge in [-0.1, -0.05) is 30.3 Å². The van der Waals surface area contributed by atoms with E-state index in [1.54, 1.807) is 6.07 Å². The molecule has 0 saturated heterocycles. The summed E-state index contributed by atoms with van der Waals surface area (Å²) >= 11 is 0. The first kappa shape index (κ1) is 16.5. The van der Waals surface area contributed by atoms with Crippen molar-refractivity contribution < 1.29 is 9.84 Å². The number of ether oxygens (including phenoxy) is 1. The molecule has 24 heavy (non-hydrogen) atoms. The van der Waals surface area contributed by atoms with Gasteiger partial charge in [0.25, 0.3) is 0 Å². The van der Waals surface area contributed by atoms with Crippen LogP contribution in [0.15, 0.2) is 48.5 Å². The number of hydrogen-bond donors (Lipinski definition) is 2. The highest BCUT2D eigenvalue weighted by Crippen LogP contribution is 2.32. The zero-order chi connectivity index (χ0) is 16.8.